The van der Waals surface area contributed by atoms with Crippen molar-refractivity contribution >= 4 is 21.0 Å². The maximum absolute atomic E-state index is 9.76. The molecule has 0 saturated carbocycles. The molecule has 4 heteroatoms. The van der Waals surface area contributed by atoms with E-state index in [9.17, 15) is 4.21 Å². The summed E-state index contributed by atoms with van der Waals surface area (Å²) in [6, 6.07) is 0. The molecule has 0 radical (unpaired) electrons. The molecule has 0 aromatic carbocycles. The van der Waals surface area contributed by atoms with Gasteiger partial charge in [-0.3, -0.25) is 4.18 Å². The molecule has 0 saturated heterocycles. The molecule has 1 atom stereocenters. The molecule has 0 bridgehead atoms. The molecule has 0 aromatic heterocycles. The van der Waals surface area contributed by atoms with Crippen molar-refractivity contribution in [3.05, 3.63) is 0 Å². The number of terminal acetylenes is 1. The molecular weight excluding hydrogens is 136 g/mol. The van der Waals surface area contributed by atoms with Gasteiger partial charge in [0.1, 0.15) is 6.61 Å². The van der Waals surface area contributed by atoms with E-state index in [1.165, 1.54) is 0 Å². The van der Waals surface area contributed by atoms with Gasteiger partial charge in [-0.25, -0.2) is 4.21 Å². The zero-order valence-corrected chi connectivity index (χ0v) is 4.96. The zero-order chi connectivity index (χ0) is 5.70. The quantitative estimate of drug-likeness (QED) is 0.409. The maximum Gasteiger partial charge on any atom is 0.256 e. The van der Waals surface area contributed by atoms with Gasteiger partial charge in [-0.1, -0.05) is 5.92 Å². The largest absolute Gasteiger partial charge is 0.265 e. The van der Waals surface area contributed by atoms with Crippen molar-refractivity contribution in [2.75, 3.05) is 6.61 Å². The zero-order valence-electron chi connectivity index (χ0n) is 3.39. The summed E-state index contributed by atoms with van der Waals surface area (Å²) < 4.78 is 14.0. The lowest BCUT2D eigenvalue weighted by Gasteiger charge is -1.83. The Morgan fingerprint density at radius 2 is 2.57 bits per heavy atom. The van der Waals surface area contributed by atoms with Crippen molar-refractivity contribution in [2.45, 2.75) is 0 Å². The van der Waals surface area contributed by atoms with E-state index in [-0.39, 0.29) is 6.61 Å². The molecule has 0 spiro atoms. The van der Waals surface area contributed by atoms with E-state index < -0.39 is 10.3 Å². The topological polar surface area (TPSA) is 26.3 Å². The van der Waals surface area contributed by atoms with Crippen molar-refractivity contribution in [1.29, 1.82) is 0 Å². The molecule has 0 aliphatic rings. The Hall–Kier alpha value is -0.0400. The standard InChI is InChI=1S/C3H3ClO2S/c1-2-3-6-7(4)5/h1H,3H2. The normalized spacial score (nSPS) is 12.6. The summed E-state index contributed by atoms with van der Waals surface area (Å²) in [6.07, 6.45) is 4.71. The Bertz CT molecular complexity index is 106. The Labute approximate surface area is 49.0 Å². The molecule has 0 aliphatic heterocycles. The minimum atomic E-state index is -1.74. The Kier molecular flexibility index (Phi) is 4.10. The van der Waals surface area contributed by atoms with Crippen molar-refractivity contribution < 1.29 is 8.39 Å². The van der Waals surface area contributed by atoms with Crippen LogP contribution in [0.4, 0.5) is 0 Å². The fraction of sp³-hybridized carbons (Fsp3) is 0.333. The van der Waals surface area contributed by atoms with Crippen LogP contribution in [0.5, 0.6) is 0 Å². The Balaban J connectivity index is 3.02. The number of hydrogen-bond acceptors (Lipinski definition) is 2. The van der Waals surface area contributed by atoms with Gasteiger partial charge in [0.15, 0.2) is 0 Å². The molecule has 0 aliphatic carbocycles. The Morgan fingerprint density at radius 3 is 2.71 bits per heavy atom. The van der Waals surface area contributed by atoms with Crippen molar-refractivity contribution in [3.63, 3.8) is 0 Å². The summed E-state index contributed by atoms with van der Waals surface area (Å²) in [6.45, 7) is -0.00386. The predicted octanol–water partition coefficient (Wildman–Crippen LogP) is 0.454. The van der Waals surface area contributed by atoms with Crippen molar-refractivity contribution in [1.82, 2.24) is 0 Å². The van der Waals surface area contributed by atoms with E-state index in [0.29, 0.717) is 0 Å². The molecule has 2 nitrogen and oxygen atoms in total. The number of hydrogen-bond donors (Lipinski definition) is 0. The van der Waals surface area contributed by atoms with Gasteiger partial charge in [-0.2, -0.15) is 0 Å². The molecule has 0 amide bonds. The van der Waals surface area contributed by atoms with Gasteiger partial charge in [-0.15, -0.1) is 6.42 Å². The minimum absolute atomic E-state index is 0.00386. The van der Waals surface area contributed by atoms with Gasteiger partial charge in [0, 0.05) is 10.7 Å². The van der Waals surface area contributed by atoms with Crippen LogP contribution in [0, 0.1) is 12.3 Å². The van der Waals surface area contributed by atoms with Gasteiger partial charge >= 0.3 is 0 Å². The lowest BCUT2D eigenvalue weighted by molar-refractivity contribution is 0.412. The third-order valence-corrected chi connectivity index (χ3v) is 0.805. The lowest BCUT2D eigenvalue weighted by Crippen LogP contribution is -1.87. The van der Waals surface area contributed by atoms with Gasteiger partial charge in [0.25, 0.3) is 10.3 Å². The van der Waals surface area contributed by atoms with Gasteiger partial charge < -0.3 is 0 Å². The average Bonchev–Trinajstić information content (AvgIpc) is 1.61. The molecule has 0 aromatic rings. The number of halogens is 1. The van der Waals surface area contributed by atoms with Crippen LogP contribution < -0.4 is 0 Å². The van der Waals surface area contributed by atoms with Crippen LogP contribution in [0.3, 0.4) is 0 Å². The van der Waals surface area contributed by atoms with Crippen LogP contribution in [-0.4, -0.2) is 10.8 Å². The van der Waals surface area contributed by atoms with Crippen LogP contribution in [0.2, 0.25) is 0 Å². The number of rotatable bonds is 2. The third-order valence-electron chi connectivity index (χ3n) is 0.235. The van der Waals surface area contributed by atoms with E-state index in [1.807, 2.05) is 0 Å². The predicted molar refractivity (Wildman–Crippen MR) is 28.8 cm³/mol. The molecule has 0 rings (SSSR count). The first-order valence-corrected chi connectivity index (χ1v) is 3.32. The monoisotopic (exact) mass is 138 g/mol. The van der Waals surface area contributed by atoms with Crippen LogP contribution in [-0.2, 0) is 14.5 Å². The van der Waals surface area contributed by atoms with E-state index in [1.54, 1.807) is 0 Å². The smallest absolute Gasteiger partial charge is 0.256 e. The molecule has 0 fully saturated rings. The summed E-state index contributed by atoms with van der Waals surface area (Å²) in [5, 5.41) is 0. The second-order valence-corrected chi connectivity index (χ2v) is 2.04. The summed E-state index contributed by atoms with van der Waals surface area (Å²) in [4.78, 5) is 0. The summed E-state index contributed by atoms with van der Waals surface area (Å²) in [5.74, 6) is 2.10. The fourth-order valence-corrected chi connectivity index (χ4v) is 0.375. The minimum Gasteiger partial charge on any atom is -0.265 e. The van der Waals surface area contributed by atoms with Crippen LogP contribution in [0.1, 0.15) is 0 Å². The summed E-state index contributed by atoms with van der Waals surface area (Å²) in [5.41, 5.74) is 0. The summed E-state index contributed by atoms with van der Waals surface area (Å²) in [7, 11) is 3.08. The van der Waals surface area contributed by atoms with Gasteiger partial charge in [0.05, 0.1) is 0 Å². The highest BCUT2D eigenvalue weighted by Crippen LogP contribution is 1.87. The highest BCUT2D eigenvalue weighted by molar-refractivity contribution is 8.04. The van der Waals surface area contributed by atoms with Gasteiger partial charge in [-0.05, 0) is 0 Å². The van der Waals surface area contributed by atoms with Gasteiger partial charge in [0.2, 0.25) is 0 Å². The Morgan fingerprint density at radius 1 is 2.00 bits per heavy atom. The molecule has 1 unspecified atom stereocenters. The first-order valence-electron chi connectivity index (χ1n) is 1.42. The second-order valence-electron chi connectivity index (χ2n) is 0.660. The SMILES string of the molecule is C#CCOS(=O)Cl. The second kappa shape index (κ2) is 4.13. The van der Waals surface area contributed by atoms with E-state index in [2.05, 4.69) is 10.1 Å². The third kappa shape index (κ3) is 5.96. The first-order chi connectivity index (χ1) is 3.27. The van der Waals surface area contributed by atoms with E-state index >= 15 is 0 Å². The van der Waals surface area contributed by atoms with Crippen LogP contribution in [0.15, 0.2) is 0 Å². The average molecular weight is 139 g/mol. The molecule has 0 N–H and O–H groups in total. The van der Waals surface area contributed by atoms with E-state index in [0.717, 1.165) is 0 Å². The lowest BCUT2D eigenvalue weighted by atomic mass is 10.8. The molecular formula is C3H3ClO2S. The maximum atomic E-state index is 9.76. The molecule has 40 valence electrons. The highest BCUT2D eigenvalue weighted by atomic mass is 35.7. The van der Waals surface area contributed by atoms with Crippen LogP contribution in [0.25, 0.3) is 0 Å². The van der Waals surface area contributed by atoms with E-state index in [4.69, 9.17) is 17.1 Å². The van der Waals surface area contributed by atoms with Crippen molar-refractivity contribution in [3.8, 4) is 12.3 Å². The fourth-order valence-electron chi connectivity index (χ4n) is 0.0803. The first kappa shape index (κ1) is 6.96. The molecule has 0 heterocycles. The van der Waals surface area contributed by atoms with Crippen LogP contribution >= 0.6 is 10.7 Å². The highest BCUT2D eigenvalue weighted by Gasteiger charge is 1.85. The van der Waals surface area contributed by atoms with Crippen molar-refractivity contribution in [2.24, 2.45) is 0 Å². The molecule has 7 heavy (non-hydrogen) atoms. The summed E-state index contributed by atoms with van der Waals surface area (Å²) >= 11 is 0.